The molecule has 1 aromatic rings. The van der Waals surface area contributed by atoms with Crippen LogP contribution >= 0.6 is 0 Å². The molecule has 150 valence electrons. The van der Waals surface area contributed by atoms with E-state index >= 15 is 0 Å². The topological polar surface area (TPSA) is 110 Å². The summed E-state index contributed by atoms with van der Waals surface area (Å²) in [6, 6.07) is 3.56. The van der Waals surface area contributed by atoms with Crippen molar-refractivity contribution in [1.82, 2.24) is 0 Å². The summed E-state index contributed by atoms with van der Waals surface area (Å²) in [5.41, 5.74) is 0. The number of rotatable bonds is 3. The minimum Gasteiger partial charge on any atom is -0.754 e. The van der Waals surface area contributed by atoms with Crippen LogP contribution in [0.1, 0.15) is 0 Å². The van der Waals surface area contributed by atoms with Gasteiger partial charge in [0, 0.05) is 11.8 Å². The summed E-state index contributed by atoms with van der Waals surface area (Å²) in [6.07, 6.45) is 9.78. The molecule has 0 N–H and O–H groups in total. The maximum absolute atomic E-state index is 11.8. The van der Waals surface area contributed by atoms with Gasteiger partial charge < -0.3 is 14.0 Å². The van der Waals surface area contributed by atoms with E-state index in [-0.39, 0.29) is 59.1 Å². The van der Waals surface area contributed by atoms with Crippen molar-refractivity contribution in [2.24, 2.45) is 0 Å². The minimum absolute atomic E-state index is 0. The molecule has 0 heterocycles. The van der Waals surface area contributed by atoms with E-state index in [1.165, 1.54) is 0 Å². The van der Waals surface area contributed by atoms with Crippen molar-refractivity contribution in [3.8, 4) is 107 Å². The second-order valence-corrected chi connectivity index (χ2v) is 5.93. The van der Waals surface area contributed by atoms with Crippen LogP contribution in [0.25, 0.3) is 0 Å². The number of esters is 2. The molecule has 0 atom stereocenters. The smallest absolute Gasteiger partial charge is 0.754 e. The zero-order chi connectivity index (χ0) is 23.8. The molecule has 0 radical (unpaired) electrons. The number of hydrogen-bond donors (Lipinski definition) is 0. The zero-order valence-electron chi connectivity index (χ0n) is 17.6. The van der Waals surface area contributed by atoms with Gasteiger partial charge in [-0.15, -0.1) is 25.0 Å². The van der Waals surface area contributed by atoms with E-state index in [9.17, 15) is 22.6 Å². The maximum Gasteiger partial charge on any atom is 1.00 e. The van der Waals surface area contributed by atoms with Gasteiger partial charge in [0.05, 0.1) is 21.6 Å². The van der Waals surface area contributed by atoms with Gasteiger partial charge in [-0.05, 0) is 75.9 Å². The summed E-state index contributed by atoms with van der Waals surface area (Å²) >= 11 is 0. The Bertz CT molecular complexity index is 1540. The van der Waals surface area contributed by atoms with Gasteiger partial charge in [0.1, 0.15) is 0 Å². The van der Waals surface area contributed by atoms with E-state index in [0.29, 0.717) is 12.1 Å². The summed E-state index contributed by atoms with van der Waals surface area (Å²) in [6.45, 7) is 0. The number of ether oxygens (including phenoxy) is 2. The normalized spacial score (nSPS) is 7.26. The molecule has 34 heavy (non-hydrogen) atoms. The van der Waals surface area contributed by atoms with Crippen molar-refractivity contribution in [3.05, 3.63) is 18.2 Å². The van der Waals surface area contributed by atoms with E-state index in [0.717, 1.165) is 0 Å². The SMILES string of the molecule is C#CC#CC#CC#CC(=O)Oc1[c-]cc(S(=O)(=O)[O-])cc1OC(=O)C#CC#CC#CC#C.[Na+].[Na+]. The minimum atomic E-state index is -4.94. The summed E-state index contributed by atoms with van der Waals surface area (Å²) < 4.78 is 43.2. The molecular weight excluding hydrogens is 478 g/mol. The Kier molecular flexibility index (Phi) is 17.4. The Morgan fingerprint density at radius 1 is 0.794 bits per heavy atom. The monoisotopic (exact) mass is 482 g/mol. The third kappa shape index (κ3) is 13.9. The third-order valence-corrected chi connectivity index (χ3v) is 3.32. The van der Waals surface area contributed by atoms with Gasteiger partial charge in [-0.3, -0.25) is 8.42 Å². The first-order valence-corrected chi connectivity index (χ1v) is 9.07. The van der Waals surface area contributed by atoms with Gasteiger partial charge in [-0.1, -0.05) is 0 Å². The van der Waals surface area contributed by atoms with Crippen LogP contribution in [0, 0.1) is 102 Å². The average molecular weight is 482 g/mol. The van der Waals surface area contributed by atoms with E-state index in [2.05, 4.69) is 65.3 Å². The number of terminal acetylenes is 2. The van der Waals surface area contributed by atoms with E-state index in [1.54, 1.807) is 0 Å². The van der Waals surface area contributed by atoms with Crippen LogP contribution in [-0.2, 0) is 19.7 Å². The second kappa shape index (κ2) is 18.0. The molecular formula is C24H4Na2O7S. The second-order valence-electron chi connectivity index (χ2n) is 4.55. The predicted octanol–water partition coefficient (Wildman–Crippen LogP) is -6.50. The molecule has 0 bridgehead atoms. The average Bonchev–Trinajstić information content (AvgIpc) is 2.73. The third-order valence-electron chi connectivity index (χ3n) is 2.50. The van der Waals surface area contributed by atoms with Gasteiger partial charge in [-0.2, -0.15) is 6.07 Å². The molecule has 0 aliphatic heterocycles. The van der Waals surface area contributed by atoms with Gasteiger partial charge in [-0.25, -0.2) is 9.59 Å². The first-order valence-electron chi connectivity index (χ1n) is 7.66. The quantitative estimate of drug-likeness (QED) is 0.0802. The Labute approximate surface area is 241 Å². The summed E-state index contributed by atoms with van der Waals surface area (Å²) in [4.78, 5) is 22.8. The predicted molar refractivity (Wildman–Crippen MR) is 109 cm³/mol. The maximum atomic E-state index is 11.8. The number of hydrogen-bond acceptors (Lipinski definition) is 7. The van der Waals surface area contributed by atoms with Crippen LogP contribution in [0.4, 0.5) is 0 Å². The van der Waals surface area contributed by atoms with Crippen molar-refractivity contribution in [2.75, 3.05) is 0 Å². The Balaban J connectivity index is 0. The van der Waals surface area contributed by atoms with Gasteiger partial charge >= 0.3 is 71.1 Å². The van der Waals surface area contributed by atoms with Gasteiger partial charge in [0.25, 0.3) is 0 Å². The fourth-order valence-corrected chi connectivity index (χ4v) is 1.87. The van der Waals surface area contributed by atoms with Crippen LogP contribution in [0.2, 0.25) is 0 Å². The van der Waals surface area contributed by atoms with Crippen LogP contribution < -0.4 is 68.6 Å². The van der Waals surface area contributed by atoms with Crippen LogP contribution in [-0.4, -0.2) is 24.9 Å². The Morgan fingerprint density at radius 3 is 1.71 bits per heavy atom. The molecule has 10 heteroatoms. The summed E-state index contributed by atoms with van der Waals surface area (Å²) in [5, 5.41) is 0. The molecule has 1 rings (SSSR count). The van der Waals surface area contributed by atoms with Crippen LogP contribution in [0.3, 0.4) is 0 Å². The van der Waals surface area contributed by atoms with Crippen molar-refractivity contribution in [3.63, 3.8) is 0 Å². The molecule has 0 aliphatic rings. The molecule has 0 amide bonds. The molecule has 0 saturated heterocycles. The number of carbonyl (C=O) groups excluding carboxylic acids is 2. The largest absolute Gasteiger partial charge is 1.00 e. The van der Waals surface area contributed by atoms with Crippen molar-refractivity contribution < 1.29 is 91.1 Å². The van der Waals surface area contributed by atoms with Gasteiger partial charge in [0.15, 0.2) is 0 Å². The van der Waals surface area contributed by atoms with E-state index in [1.807, 2.05) is 23.7 Å². The molecule has 0 fully saturated rings. The molecule has 0 saturated carbocycles. The fraction of sp³-hybridized carbons (Fsp3) is 0. The van der Waals surface area contributed by atoms with Crippen LogP contribution in [0.5, 0.6) is 11.5 Å². The van der Waals surface area contributed by atoms with Crippen molar-refractivity contribution in [2.45, 2.75) is 4.90 Å². The number of carbonyl (C=O) groups is 2. The van der Waals surface area contributed by atoms with Crippen LogP contribution in [0.15, 0.2) is 17.0 Å². The van der Waals surface area contributed by atoms with E-state index < -0.39 is 38.5 Å². The standard InChI is InChI=1S/C24H5O7S.2Na/c1-3-5-7-9-11-13-15-23(25)30-21-18-17-20(32(27,28)29)19-22(21)31-24(26)16-14-12-10-8-6-4-2;;/h1-2,17,19H,(H,27,28,29);;/q-1;2*+1/p-1. The molecule has 0 unspecified atom stereocenters. The Hall–Kier alpha value is -3.45. The molecule has 7 nitrogen and oxygen atoms in total. The van der Waals surface area contributed by atoms with Crippen molar-refractivity contribution >= 4 is 22.1 Å². The van der Waals surface area contributed by atoms with E-state index in [4.69, 9.17) is 22.3 Å². The first-order chi connectivity index (χ1) is 15.3. The number of benzene rings is 1. The molecule has 0 aromatic heterocycles. The Morgan fingerprint density at radius 2 is 1.24 bits per heavy atom. The fourth-order valence-electron chi connectivity index (χ4n) is 1.41. The molecule has 0 aliphatic carbocycles. The zero-order valence-corrected chi connectivity index (χ0v) is 22.4. The summed E-state index contributed by atoms with van der Waals surface area (Å²) in [7, 11) is -4.94. The summed E-state index contributed by atoms with van der Waals surface area (Å²) in [5.74, 6) is 26.4. The molecule has 0 spiro atoms. The van der Waals surface area contributed by atoms with Crippen molar-refractivity contribution in [1.29, 1.82) is 0 Å². The van der Waals surface area contributed by atoms with Gasteiger partial charge in [0.2, 0.25) is 0 Å². The first kappa shape index (κ1) is 32.7. The molecule has 1 aromatic carbocycles.